The summed E-state index contributed by atoms with van der Waals surface area (Å²) >= 11 is 0. The fourth-order valence-corrected chi connectivity index (χ4v) is 1.45. The third-order valence-electron chi connectivity index (χ3n) is 2.63. The molecule has 1 aromatic rings. The largest absolute Gasteiger partial charge is 0.435 e. The molecule has 0 amide bonds. The molecule has 0 heterocycles. The van der Waals surface area contributed by atoms with Crippen molar-refractivity contribution in [2.75, 3.05) is 0 Å². The maximum Gasteiger partial charge on any atom is 0.387 e. The van der Waals surface area contributed by atoms with E-state index < -0.39 is 12.7 Å². The van der Waals surface area contributed by atoms with Gasteiger partial charge >= 0.3 is 6.61 Å². The Hall–Kier alpha value is -1.67. The summed E-state index contributed by atoms with van der Waals surface area (Å²) in [5.41, 5.74) is 0.736. The summed E-state index contributed by atoms with van der Waals surface area (Å²) in [5, 5.41) is 12.2. The van der Waals surface area contributed by atoms with Crippen LogP contribution in [0.15, 0.2) is 24.3 Å². The Morgan fingerprint density at radius 2 is 1.94 bits per heavy atom. The molecule has 2 unspecified atom stereocenters. The second kappa shape index (κ2) is 6.92. The Labute approximate surface area is 105 Å². The Morgan fingerprint density at radius 3 is 2.39 bits per heavy atom. The second-order valence-electron chi connectivity index (χ2n) is 3.99. The van der Waals surface area contributed by atoms with Gasteiger partial charge in [0.1, 0.15) is 11.8 Å². The fraction of sp³-hybridized carbons (Fsp3) is 0.462. The topological polar surface area (TPSA) is 45.0 Å². The van der Waals surface area contributed by atoms with Crippen LogP contribution in [0.4, 0.5) is 8.78 Å². The van der Waals surface area contributed by atoms with Crippen LogP contribution in [0.3, 0.4) is 0 Å². The van der Waals surface area contributed by atoms with Crippen LogP contribution in [0.2, 0.25) is 0 Å². The van der Waals surface area contributed by atoms with Crippen molar-refractivity contribution >= 4 is 0 Å². The van der Waals surface area contributed by atoms with Crippen molar-refractivity contribution in [1.82, 2.24) is 5.32 Å². The first-order chi connectivity index (χ1) is 8.56. The molecule has 0 aliphatic heterocycles. The quantitative estimate of drug-likeness (QED) is 0.847. The zero-order chi connectivity index (χ0) is 13.5. The number of nitrogens with zero attached hydrogens (tertiary/aromatic N) is 1. The van der Waals surface area contributed by atoms with Gasteiger partial charge in [0.15, 0.2) is 0 Å². The van der Waals surface area contributed by atoms with E-state index in [0.717, 1.165) is 12.0 Å². The first kappa shape index (κ1) is 14.4. The van der Waals surface area contributed by atoms with Crippen molar-refractivity contribution in [3.8, 4) is 11.8 Å². The summed E-state index contributed by atoms with van der Waals surface area (Å²) in [6, 6.07) is 8.01. The van der Waals surface area contributed by atoms with Crippen molar-refractivity contribution in [2.24, 2.45) is 0 Å². The van der Waals surface area contributed by atoms with Gasteiger partial charge in [-0.15, -0.1) is 0 Å². The maximum atomic E-state index is 12.0. The number of rotatable bonds is 6. The molecule has 0 aliphatic carbocycles. The third-order valence-corrected chi connectivity index (χ3v) is 2.63. The monoisotopic (exact) mass is 254 g/mol. The van der Waals surface area contributed by atoms with Gasteiger partial charge in [-0.05, 0) is 31.0 Å². The first-order valence-electron chi connectivity index (χ1n) is 5.77. The van der Waals surface area contributed by atoms with E-state index in [1.54, 1.807) is 12.1 Å². The number of benzene rings is 1. The van der Waals surface area contributed by atoms with Crippen LogP contribution in [-0.4, -0.2) is 12.7 Å². The molecule has 98 valence electrons. The molecule has 1 N–H and O–H groups in total. The van der Waals surface area contributed by atoms with Crippen molar-refractivity contribution in [3.05, 3.63) is 29.8 Å². The van der Waals surface area contributed by atoms with Gasteiger partial charge in [-0.3, -0.25) is 5.32 Å². The summed E-state index contributed by atoms with van der Waals surface area (Å²) in [7, 11) is 0. The lowest BCUT2D eigenvalue weighted by atomic mass is 10.1. The molecule has 3 nitrogen and oxygen atoms in total. The van der Waals surface area contributed by atoms with Crippen molar-refractivity contribution in [3.63, 3.8) is 0 Å². The predicted molar refractivity (Wildman–Crippen MR) is 64.3 cm³/mol. The van der Waals surface area contributed by atoms with E-state index in [4.69, 9.17) is 5.26 Å². The molecule has 5 heteroatoms. The number of nitriles is 1. The highest BCUT2D eigenvalue weighted by Gasteiger charge is 2.13. The minimum absolute atomic E-state index is 0.0916. The Bertz CT molecular complexity index is 400. The standard InChI is InChI=1S/C13H16F2N2O/c1-3-9(2)17-12(8-16)10-4-6-11(7-5-10)18-13(14)15/h4-7,9,12-13,17H,3H2,1-2H3. The second-order valence-corrected chi connectivity index (χ2v) is 3.99. The molecule has 2 atom stereocenters. The van der Waals surface area contributed by atoms with Crippen molar-refractivity contribution < 1.29 is 13.5 Å². The number of alkyl halides is 2. The average Bonchev–Trinajstić information content (AvgIpc) is 2.36. The molecule has 0 aromatic heterocycles. The Morgan fingerprint density at radius 1 is 1.33 bits per heavy atom. The van der Waals surface area contributed by atoms with Crippen LogP contribution in [0.1, 0.15) is 31.9 Å². The lowest BCUT2D eigenvalue weighted by molar-refractivity contribution is -0.0498. The Balaban J connectivity index is 2.73. The highest BCUT2D eigenvalue weighted by atomic mass is 19.3. The smallest absolute Gasteiger partial charge is 0.387 e. The number of halogens is 2. The third kappa shape index (κ3) is 4.30. The minimum Gasteiger partial charge on any atom is -0.435 e. The highest BCUT2D eigenvalue weighted by Crippen LogP contribution is 2.19. The molecule has 18 heavy (non-hydrogen) atoms. The van der Waals surface area contributed by atoms with E-state index in [1.165, 1.54) is 12.1 Å². The molecule has 1 rings (SSSR count). The van der Waals surface area contributed by atoms with Gasteiger partial charge in [0.25, 0.3) is 0 Å². The molecule has 0 saturated heterocycles. The zero-order valence-corrected chi connectivity index (χ0v) is 10.4. The van der Waals surface area contributed by atoms with Crippen LogP contribution in [0, 0.1) is 11.3 Å². The van der Waals surface area contributed by atoms with Crippen LogP contribution < -0.4 is 10.1 Å². The molecule has 0 saturated carbocycles. The molecular formula is C13H16F2N2O. The predicted octanol–water partition coefficient (Wildman–Crippen LogP) is 3.24. The summed E-state index contributed by atoms with van der Waals surface area (Å²) in [4.78, 5) is 0. The van der Waals surface area contributed by atoms with Crippen LogP contribution in [-0.2, 0) is 0 Å². The summed E-state index contributed by atoms with van der Waals surface area (Å²) in [5.74, 6) is 0.0916. The zero-order valence-electron chi connectivity index (χ0n) is 10.4. The van der Waals surface area contributed by atoms with Gasteiger partial charge in [-0.25, -0.2) is 0 Å². The molecule has 0 aliphatic rings. The number of nitrogens with one attached hydrogen (secondary N) is 1. The van der Waals surface area contributed by atoms with Gasteiger partial charge in [0.05, 0.1) is 6.07 Å². The molecule has 1 aromatic carbocycles. The fourth-order valence-electron chi connectivity index (χ4n) is 1.45. The van der Waals surface area contributed by atoms with E-state index in [1.807, 2.05) is 13.8 Å². The van der Waals surface area contributed by atoms with E-state index >= 15 is 0 Å². The van der Waals surface area contributed by atoms with Crippen LogP contribution >= 0.6 is 0 Å². The van der Waals surface area contributed by atoms with Gasteiger partial charge < -0.3 is 4.74 Å². The van der Waals surface area contributed by atoms with E-state index in [9.17, 15) is 8.78 Å². The number of hydrogen-bond donors (Lipinski definition) is 1. The van der Waals surface area contributed by atoms with E-state index in [-0.39, 0.29) is 11.8 Å². The van der Waals surface area contributed by atoms with Gasteiger partial charge in [-0.1, -0.05) is 19.1 Å². The summed E-state index contributed by atoms with van der Waals surface area (Å²) in [6.45, 7) is 1.17. The summed E-state index contributed by atoms with van der Waals surface area (Å²) < 4.78 is 28.2. The van der Waals surface area contributed by atoms with Crippen LogP contribution in [0.25, 0.3) is 0 Å². The normalized spacial score (nSPS) is 14.0. The van der Waals surface area contributed by atoms with Gasteiger partial charge in [-0.2, -0.15) is 14.0 Å². The average molecular weight is 254 g/mol. The van der Waals surface area contributed by atoms with E-state index in [2.05, 4.69) is 16.1 Å². The molecular weight excluding hydrogens is 238 g/mol. The SMILES string of the molecule is CCC(C)NC(C#N)c1ccc(OC(F)F)cc1. The Kier molecular flexibility index (Phi) is 5.53. The highest BCUT2D eigenvalue weighted by molar-refractivity contribution is 5.31. The van der Waals surface area contributed by atoms with Crippen molar-refractivity contribution in [1.29, 1.82) is 5.26 Å². The van der Waals surface area contributed by atoms with Crippen LogP contribution in [0.5, 0.6) is 5.75 Å². The molecule has 0 radical (unpaired) electrons. The van der Waals surface area contributed by atoms with Gasteiger partial charge in [0, 0.05) is 6.04 Å². The molecule has 0 spiro atoms. The molecule has 0 bridgehead atoms. The first-order valence-corrected chi connectivity index (χ1v) is 5.77. The lowest BCUT2D eigenvalue weighted by Crippen LogP contribution is -2.29. The van der Waals surface area contributed by atoms with Crippen molar-refractivity contribution in [2.45, 2.75) is 39.0 Å². The lowest BCUT2D eigenvalue weighted by Gasteiger charge is -2.17. The van der Waals surface area contributed by atoms with Gasteiger partial charge in [0.2, 0.25) is 0 Å². The number of ether oxygens (including phenoxy) is 1. The van der Waals surface area contributed by atoms with E-state index in [0.29, 0.717) is 0 Å². The maximum absolute atomic E-state index is 12.0. The summed E-state index contributed by atoms with van der Waals surface area (Å²) in [6.07, 6.45) is 0.907. The minimum atomic E-state index is -2.83. The number of hydrogen-bond acceptors (Lipinski definition) is 3. The molecule has 0 fully saturated rings.